The maximum atomic E-state index is 11.8. The number of nitrogens with one attached hydrogen (secondary N) is 2. The van der Waals surface area contributed by atoms with Crippen molar-refractivity contribution in [3.63, 3.8) is 0 Å². The Hall–Kier alpha value is -2.23. The van der Waals surface area contributed by atoms with Crippen LogP contribution >= 0.6 is 0 Å². The molecule has 1 aromatic rings. The van der Waals surface area contributed by atoms with Crippen molar-refractivity contribution in [2.45, 2.75) is 6.30 Å². The van der Waals surface area contributed by atoms with E-state index in [4.69, 9.17) is 5.26 Å². The molecule has 0 radical (unpaired) electrons. The number of nitriles is 1. The number of rotatable bonds is 1. The van der Waals surface area contributed by atoms with Crippen LogP contribution < -0.4 is 10.6 Å². The smallest absolute Gasteiger partial charge is 0.307 e. The number of carbonyl (C=O) groups is 1. The number of para-hydroxylation sites is 1. The van der Waals surface area contributed by atoms with E-state index < -0.39 is 12.3 Å². The normalized spacial score (nSPS) is 10.4. The molecule has 0 spiro atoms. The largest absolute Gasteiger partial charge is 0.485 e. The van der Waals surface area contributed by atoms with Gasteiger partial charge in [0.2, 0.25) is 0 Å². The summed E-state index contributed by atoms with van der Waals surface area (Å²) in [6.45, 7) is 0. The van der Waals surface area contributed by atoms with Crippen molar-refractivity contribution < 1.29 is 18.0 Å². The molecule has 0 fully saturated rings. The van der Waals surface area contributed by atoms with E-state index in [1.165, 1.54) is 24.3 Å². The molecule has 4 nitrogen and oxygen atoms in total. The molecule has 7 heteroatoms. The monoisotopic (exact) mass is 229 g/mol. The number of hydrogen-bond donors (Lipinski definition) is 2. The van der Waals surface area contributed by atoms with Gasteiger partial charge in [0, 0.05) is 0 Å². The van der Waals surface area contributed by atoms with Gasteiger partial charge in [-0.2, -0.15) is 18.4 Å². The molecule has 0 bridgehead atoms. The van der Waals surface area contributed by atoms with Crippen LogP contribution in [0.4, 0.5) is 23.7 Å². The van der Waals surface area contributed by atoms with Crippen LogP contribution in [0.1, 0.15) is 5.56 Å². The van der Waals surface area contributed by atoms with Crippen LogP contribution in [-0.2, 0) is 0 Å². The van der Waals surface area contributed by atoms with Gasteiger partial charge < -0.3 is 5.32 Å². The minimum absolute atomic E-state index is 0.0201. The van der Waals surface area contributed by atoms with Gasteiger partial charge >= 0.3 is 12.3 Å². The molecule has 0 aliphatic carbocycles. The highest BCUT2D eigenvalue weighted by Crippen LogP contribution is 2.14. The molecule has 1 aromatic carbocycles. The highest BCUT2D eigenvalue weighted by molar-refractivity contribution is 5.90. The fraction of sp³-hybridized carbons (Fsp3) is 0.111. The molecule has 0 unspecified atom stereocenters. The van der Waals surface area contributed by atoms with E-state index in [0.29, 0.717) is 0 Å². The third-order valence-corrected chi connectivity index (χ3v) is 1.55. The fourth-order valence-corrected chi connectivity index (χ4v) is 0.972. The Kier molecular flexibility index (Phi) is 3.35. The quantitative estimate of drug-likeness (QED) is 0.725. The number of alkyl halides is 3. The lowest BCUT2D eigenvalue weighted by Gasteiger charge is -2.10. The molecular formula is C9H6F3N3O. The molecule has 2 N–H and O–H groups in total. The zero-order valence-electron chi connectivity index (χ0n) is 7.80. The molecule has 16 heavy (non-hydrogen) atoms. The molecule has 0 heterocycles. The summed E-state index contributed by atoms with van der Waals surface area (Å²) in [5.74, 6) is 0. The van der Waals surface area contributed by atoms with Gasteiger partial charge in [0.25, 0.3) is 0 Å². The van der Waals surface area contributed by atoms with Crippen molar-refractivity contribution in [3.05, 3.63) is 29.8 Å². The Bertz CT molecular complexity index is 436. The van der Waals surface area contributed by atoms with Gasteiger partial charge in [0.05, 0.1) is 11.3 Å². The molecule has 84 valence electrons. The zero-order valence-corrected chi connectivity index (χ0v) is 7.80. The van der Waals surface area contributed by atoms with Crippen LogP contribution in [0.25, 0.3) is 0 Å². The Morgan fingerprint density at radius 1 is 1.31 bits per heavy atom. The first kappa shape index (κ1) is 11.8. The van der Waals surface area contributed by atoms with Crippen molar-refractivity contribution in [1.29, 1.82) is 5.26 Å². The molecule has 2 amide bonds. The number of benzene rings is 1. The Balaban J connectivity index is 2.75. The second-order valence-electron chi connectivity index (χ2n) is 2.73. The maximum absolute atomic E-state index is 11.8. The van der Waals surface area contributed by atoms with Crippen LogP contribution in [0.15, 0.2) is 24.3 Å². The SMILES string of the molecule is N#Cc1ccccc1NC(=O)NC(F)(F)F. The van der Waals surface area contributed by atoms with Gasteiger partial charge in [0.15, 0.2) is 0 Å². The number of amides is 2. The lowest BCUT2D eigenvalue weighted by atomic mass is 10.2. The number of halogens is 3. The highest BCUT2D eigenvalue weighted by Gasteiger charge is 2.30. The summed E-state index contributed by atoms with van der Waals surface area (Å²) in [5.41, 5.74) is 0.103. The fourth-order valence-electron chi connectivity index (χ4n) is 0.972. The molecule has 0 saturated carbocycles. The average Bonchev–Trinajstić information content (AvgIpc) is 2.15. The first-order valence-corrected chi connectivity index (χ1v) is 4.07. The summed E-state index contributed by atoms with van der Waals surface area (Å²) < 4.78 is 35.3. The second-order valence-corrected chi connectivity index (χ2v) is 2.73. The van der Waals surface area contributed by atoms with Crippen LogP contribution in [0.2, 0.25) is 0 Å². The average molecular weight is 229 g/mol. The molecular weight excluding hydrogens is 223 g/mol. The molecule has 0 saturated heterocycles. The molecule has 0 aromatic heterocycles. The van der Waals surface area contributed by atoms with E-state index in [2.05, 4.69) is 0 Å². The minimum atomic E-state index is -4.80. The summed E-state index contributed by atoms with van der Waals surface area (Å²) in [7, 11) is 0. The van der Waals surface area contributed by atoms with Gasteiger partial charge in [-0.05, 0) is 12.1 Å². The Labute approximate surface area is 88.7 Å². The third-order valence-electron chi connectivity index (χ3n) is 1.55. The number of carbonyl (C=O) groups excluding carboxylic acids is 1. The molecule has 1 rings (SSSR count). The van der Waals surface area contributed by atoms with Crippen molar-refractivity contribution >= 4 is 11.7 Å². The maximum Gasteiger partial charge on any atom is 0.485 e. The molecule has 0 aliphatic heterocycles. The van der Waals surface area contributed by atoms with Gasteiger partial charge in [-0.25, -0.2) is 10.1 Å². The van der Waals surface area contributed by atoms with E-state index in [9.17, 15) is 18.0 Å². The number of anilines is 1. The number of nitrogens with zero attached hydrogens (tertiary/aromatic N) is 1. The first-order valence-electron chi connectivity index (χ1n) is 4.07. The second kappa shape index (κ2) is 4.53. The summed E-state index contributed by atoms with van der Waals surface area (Å²) >= 11 is 0. The Morgan fingerprint density at radius 3 is 2.50 bits per heavy atom. The Morgan fingerprint density at radius 2 is 1.94 bits per heavy atom. The van der Waals surface area contributed by atoms with Gasteiger partial charge in [-0.3, -0.25) is 0 Å². The van der Waals surface area contributed by atoms with Gasteiger partial charge in [-0.15, -0.1) is 0 Å². The standard InChI is InChI=1S/C9H6F3N3O/c10-9(11,12)15-8(16)14-7-4-2-1-3-6(7)5-13/h1-4H,(H2,14,15,16). The van der Waals surface area contributed by atoms with Crippen LogP contribution in [0.5, 0.6) is 0 Å². The van der Waals surface area contributed by atoms with E-state index >= 15 is 0 Å². The van der Waals surface area contributed by atoms with Crippen molar-refractivity contribution in [2.75, 3.05) is 5.32 Å². The van der Waals surface area contributed by atoms with E-state index in [-0.39, 0.29) is 11.3 Å². The molecule has 0 aliphatic rings. The summed E-state index contributed by atoms with van der Waals surface area (Å²) in [6, 6.07) is 6.03. The lowest BCUT2D eigenvalue weighted by Crippen LogP contribution is -2.40. The summed E-state index contributed by atoms with van der Waals surface area (Å²) in [5, 5.41) is 11.3. The van der Waals surface area contributed by atoms with E-state index in [1.54, 1.807) is 6.07 Å². The van der Waals surface area contributed by atoms with Gasteiger partial charge in [0.1, 0.15) is 6.07 Å². The van der Waals surface area contributed by atoms with Crippen LogP contribution in [0.3, 0.4) is 0 Å². The van der Waals surface area contributed by atoms with E-state index in [1.807, 2.05) is 5.32 Å². The van der Waals surface area contributed by atoms with Crippen LogP contribution in [0, 0.1) is 11.3 Å². The molecule has 0 atom stereocenters. The van der Waals surface area contributed by atoms with Crippen LogP contribution in [-0.4, -0.2) is 12.3 Å². The zero-order chi connectivity index (χ0) is 12.2. The summed E-state index contributed by atoms with van der Waals surface area (Å²) in [4.78, 5) is 10.8. The van der Waals surface area contributed by atoms with Crippen molar-refractivity contribution in [3.8, 4) is 6.07 Å². The predicted octanol–water partition coefficient (Wildman–Crippen LogP) is 2.20. The lowest BCUT2D eigenvalue weighted by molar-refractivity contribution is -0.144. The van der Waals surface area contributed by atoms with Gasteiger partial charge in [-0.1, -0.05) is 12.1 Å². The predicted molar refractivity (Wildman–Crippen MR) is 49.4 cm³/mol. The minimum Gasteiger partial charge on any atom is -0.307 e. The summed E-state index contributed by atoms with van der Waals surface area (Å²) in [6.07, 6.45) is -4.80. The third kappa shape index (κ3) is 3.49. The van der Waals surface area contributed by atoms with E-state index in [0.717, 1.165) is 5.32 Å². The first-order chi connectivity index (χ1) is 7.42. The topological polar surface area (TPSA) is 64.9 Å². The highest BCUT2D eigenvalue weighted by atomic mass is 19.4. The number of hydrogen-bond acceptors (Lipinski definition) is 2. The number of urea groups is 1. The van der Waals surface area contributed by atoms with Crippen molar-refractivity contribution in [1.82, 2.24) is 5.32 Å². The van der Waals surface area contributed by atoms with Crippen molar-refractivity contribution in [2.24, 2.45) is 0 Å².